The highest BCUT2D eigenvalue weighted by molar-refractivity contribution is 5.52. The molecule has 0 spiro atoms. The third kappa shape index (κ3) is 5.94. The number of hydrogen-bond acceptors (Lipinski definition) is 8. The van der Waals surface area contributed by atoms with Crippen molar-refractivity contribution >= 4 is 5.69 Å². The van der Waals surface area contributed by atoms with Crippen LogP contribution in [0.5, 0.6) is 17.2 Å². The number of anilines is 1. The van der Waals surface area contributed by atoms with Crippen molar-refractivity contribution in [3.8, 4) is 17.2 Å². The second-order valence-corrected chi connectivity index (χ2v) is 7.89. The molecule has 0 saturated heterocycles. The van der Waals surface area contributed by atoms with E-state index in [0.717, 1.165) is 11.3 Å². The molecule has 8 nitrogen and oxygen atoms in total. The molecule has 8 N–H and O–H groups in total. The molecule has 3 aromatic carbocycles. The molecular weight excluding hydrogens is 424 g/mol. The van der Waals surface area contributed by atoms with Crippen molar-refractivity contribution in [3.63, 3.8) is 0 Å². The summed E-state index contributed by atoms with van der Waals surface area (Å²) in [7, 11) is 0. The monoisotopic (exact) mass is 454 g/mol. The average molecular weight is 455 g/mol. The van der Waals surface area contributed by atoms with Gasteiger partial charge in [-0.2, -0.15) is 0 Å². The Labute approximate surface area is 192 Å². The van der Waals surface area contributed by atoms with Gasteiger partial charge in [0.2, 0.25) is 0 Å². The van der Waals surface area contributed by atoms with E-state index in [0.29, 0.717) is 28.8 Å². The lowest BCUT2D eigenvalue weighted by Gasteiger charge is -2.18. The highest BCUT2D eigenvalue weighted by Gasteiger charge is 2.15. The lowest BCUT2D eigenvalue weighted by molar-refractivity contribution is 0.173. The summed E-state index contributed by atoms with van der Waals surface area (Å²) in [4.78, 5) is 0. The summed E-state index contributed by atoms with van der Waals surface area (Å²) in [5.41, 5.74) is 3.65. The van der Waals surface area contributed by atoms with E-state index in [2.05, 4.69) is 10.6 Å². The number of para-hydroxylation sites is 1. The van der Waals surface area contributed by atoms with Gasteiger partial charge < -0.3 is 41.3 Å². The van der Waals surface area contributed by atoms with E-state index < -0.39 is 12.2 Å². The van der Waals surface area contributed by atoms with E-state index in [1.165, 1.54) is 12.1 Å². The van der Waals surface area contributed by atoms with E-state index in [4.69, 9.17) is 0 Å². The molecule has 0 bridgehead atoms. The normalized spacial score (nSPS) is 13.0. The molecule has 0 aliphatic rings. The van der Waals surface area contributed by atoms with Crippen LogP contribution in [0.2, 0.25) is 0 Å². The molecule has 33 heavy (non-hydrogen) atoms. The molecule has 8 heteroatoms. The zero-order chi connectivity index (χ0) is 24.0. The van der Waals surface area contributed by atoms with Crippen molar-refractivity contribution in [2.24, 2.45) is 0 Å². The molecule has 2 unspecified atom stereocenters. The lowest BCUT2D eigenvalue weighted by atomic mass is 10.0. The largest absolute Gasteiger partial charge is 0.508 e. The average Bonchev–Trinajstić information content (AvgIpc) is 2.82. The van der Waals surface area contributed by atoms with Gasteiger partial charge in [0.05, 0.1) is 18.8 Å². The van der Waals surface area contributed by atoms with Crippen LogP contribution in [-0.4, -0.2) is 43.7 Å². The van der Waals surface area contributed by atoms with E-state index in [-0.39, 0.29) is 36.9 Å². The Hall–Kier alpha value is -3.30. The summed E-state index contributed by atoms with van der Waals surface area (Å²) in [6.07, 6.45) is -1.71. The smallest absolute Gasteiger partial charge is 0.160 e. The SMILES string of the molecule is Cc1c(C(O)CNCc2ccccc2NCC(O)c2ccc(O)c(CO)c2)ccc(O)c1O. The zero-order valence-electron chi connectivity index (χ0n) is 18.4. The summed E-state index contributed by atoms with van der Waals surface area (Å²) in [5, 5.41) is 65.8. The maximum absolute atomic E-state index is 10.5. The number of benzene rings is 3. The fourth-order valence-corrected chi connectivity index (χ4v) is 3.63. The molecule has 0 aliphatic carbocycles. The standard InChI is InChI=1S/C25H30N2O6/c1-15-19(7-9-22(30)25(15)33)24(32)12-26-11-17-4-2-3-5-20(17)27-13-23(31)16-6-8-21(29)18(10-16)14-28/h2-10,23-24,26-33H,11-14H2,1H3. The first-order valence-corrected chi connectivity index (χ1v) is 10.6. The second-order valence-electron chi connectivity index (χ2n) is 7.89. The number of phenolic OH excluding ortho intramolecular Hbond substituents is 2. The zero-order valence-corrected chi connectivity index (χ0v) is 18.4. The fourth-order valence-electron chi connectivity index (χ4n) is 3.63. The molecule has 0 heterocycles. The molecule has 3 rings (SSSR count). The molecule has 0 aliphatic heterocycles. The highest BCUT2D eigenvalue weighted by atomic mass is 16.3. The van der Waals surface area contributed by atoms with Crippen LogP contribution in [-0.2, 0) is 13.2 Å². The summed E-state index contributed by atoms with van der Waals surface area (Å²) < 4.78 is 0. The first-order chi connectivity index (χ1) is 15.8. The maximum atomic E-state index is 10.5. The Balaban J connectivity index is 1.59. The van der Waals surface area contributed by atoms with Gasteiger partial charge in [-0.1, -0.05) is 30.3 Å². The van der Waals surface area contributed by atoms with Crippen LogP contribution in [0.3, 0.4) is 0 Å². The van der Waals surface area contributed by atoms with Crippen molar-refractivity contribution in [2.75, 3.05) is 18.4 Å². The van der Waals surface area contributed by atoms with Crippen LogP contribution in [0.25, 0.3) is 0 Å². The Morgan fingerprint density at radius 2 is 1.55 bits per heavy atom. The van der Waals surface area contributed by atoms with Gasteiger partial charge >= 0.3 is 0 Å². The Morgan fingerprint density at radius 1 is 0.818 bits per heavy atom. The highest BCUT2D eigenvalue weighted by Crippen LogP contribution is 2.33. The van der Waals surface area contributed by atoms with Crippen molar-refractivity contribution in [1.29, 1.82) is 0 Å². The van der Waals surface area contributed by atoms with E-state index >= 15 is 0 Å². The Morgan fingerprint density at radius 3 is 2.30 bits per heavy atom. The van der Waals surface area contributed by atoms with Crippen molar-refractivity contribution in [1.82, 2.24) is 5.32 Å². The van der Waals surface area contributed by atoms with Gasteiger partial charge in [-0.3, -0.25) is 0 Å². The molecule has 0 aromatic heterocycles. The Bertz CT molecular complexity index is 1090. The molecular formula is C25H30N2O6. The summed E-state index contributed by atoms with van der Waals surface area (Å²) in [6.45, 7) is 2.23. The molecule has 3 aromatic rings. The summed E-state index contributed by atoms with van der Waals surface area (Å²) in [6, 6.07) is 15.1. The number of phenols is 3. The maximum Gasteiger partial charge on any atom is 0.160 e. The molecule has 0 saturated carbocycles. The van der Waals surface area contributed by atoms with Crippen molar-refractivity contribution < 1.29 is 30.6 Å². The summed E-state index contributed by atoms with van der Waals surface area (Å²) in [5.74, 6) is -0.476. The number of aliphatic hydroxyl groups is 3. The van der Waals surface area contributed by atoms with Gasteiger partial charge in [0.1, 0.15) is 5.75 Å². The van der Waals surface area contributed by atoms with E-state index in [1.54, 1.807) is 25.1 Å². The van der Waals surface area contributed by atoms with E-state index in [9.17, 15) is 30.6 Å². The van der Waals surface area contributed by atoms with Crippen LogP contribution in [0.15, 0.2) is 54.6 Å². The lowest BCUT2D eigenvalue weighted by Crippen LogP contribution is -2.22. The summed E-state index contributed by atoms with van der Waals surface area (Å²) >= 11 is 0. The number of nitrogens with one attached hydrogen (secondary N) is 2. The number of hydrogen-bond donors (Lipinski definition) is 8. The van der Waals surface area contributed by atoms with Gasteiger partial charge in [-0.15, -0.1) is 0 Å². The molecule has 2 atom stereocenters. The topological polar surface area (TPSA) is 145 Å². The van der Waals surface area contributed by atoms with E-state index in [1.807, 2.05) is 24.3 Å². The molecule has 0 amide bonds. The predicted octanol–water partition coefficient (Wildman–Crippen LogP) is 2.57. The first kappa shape index (κ1) is 24.3. The van der Waals surface area contributed by atoms with Gasteiger partial charge in [0, 0.05) is 36.4 Å². The second kappa shape index (κ2) is 11.0. The van der Waals surface area contributed by atoms with Crippen molar-refractivity contribution in [3.05, 3.63) is 82.4 Å². The number of aromatic hydroxyl groups is 3. The minimum absolute atomic E-state index is 0.0160. The van der Waals surface area contributed by atoms with Crippen molar-refractivity contribution in [2.45, 2.75) is 32.3 Å². The van der Waals surface area contributed by atoms with Crippen LogP contribution >= 0.6 is 0 Å². The Kier molecular flexibility index (Phi) is 8.13. The number of aliphatic hydroxyl groups excluding tert-OH is 3. The quantitative estimate of drug-likeness (QED) is 0.218. The minimum Gasteiger partial charge on any atom is -0.508 e. The van der Waals surface area contributed by atoms with Gasteiger partial charge in [-0.25, -0.2) is 0 Å². The molecule has 176 valence electrons. The van der Waals surface area contributed by atoms with Crippen LogP contribution in [0.4, 0.5) is 5.69 Å². The van der Waals surface area contributed by atoms with Gasteiger partial charge in [0.15, 0.2) is 11.5 Å². The molecule has 0 fully saturated rings. The number of rotatable bonds is 10. The van der Waals surface area contributed by atoms with Gasteiger partial charge in [-0.05, 0) is 47.9 Å². The third-order valence-electron chi connectivity index (χ3n) is 5.63. The molecule has 0 radical (unpaired) electrons. The third-order valence-corrected chi connectivity index (χ3v) is 5.63. The van der Waals surface area contributed by atoms with Crippen LogP contribution in [0, 0.1) is 6.92 Å². The fraction of sp³-hybridized carbons (Fsp3) is 0.280. The first-order valence-electron chi connectivity index (χ1n) is 10.6. The minimum atomic E-state index is -0.867. The predicted molar refractivity (Wildman–Crippen MR) is 125 cm³/mol. The van der Waals surface area contributed by atoms with Crippen LogP contribution in [0.1, 0.15) is 40.0 Å². The van der Waals surface area contributed by atoms with Gasteiger partial charge in [0.25, 0.3) is 0 Å². The van der Waals surface area contributed by atoms with Crippen LogP contribution < -0.4 is 10.6 Å².